The first-order valence-electron chi connectivity index (χ1n) is 6.52. The fraction of sp³-hybridized carbons (Fsp3) is 0.375. The number of aromatic nitrogens is 2. The summed E-state index contributed by atoms with van der Waals surface area (Å²) in [5, 5.41) is 0. The lowest BCUT2D eigenvalue weighted by Gasteiger charge is -2.25. The summed E-state index contributed by atoms with van der Waals surface area (Å²) < 4.78 is 0. The highest BCUT2D eigenvalue weighted by atomic mass is 14.9. The second-order valence-electron chi connectivity index (χ2n) is 6.04. The Morgan fingerprint density at radius 1 is 1.05 bits per heavy atom. The Kier molecular flexibility index (Phi) is 3.67. The minimum atomic E-state index is -0.154. The van der Waals surface area contributed by atoms with Crippen molar-refractivity contribution in [2.24, 2.45) is 11.1 Å². The minimum Gasteiger partial charge on any atom is -0.321 e. The highest BCUT2D eigenvalue weighted by molar-refractivity contribution is 5.62. The van der Waals surface area contributed by atoms with Gasteiger partial charge in [0.05, 0.1) is 6.04 Å². The summed E-state index contributed by atoms with van der Waals surface area (Å²) in [6.07, 6.45) is 3.70. The highest BCUT2D eigenvalue weighted by Crippen LogP contribution is 2.28. The molecule has 1 aromatic heterocycles. The Bertz CT molecular complexity index is 553. The zero-order valence-electron chi connectivity index (χ0n) is 12.0. The summed E-state index contributed by atoms with van der Waals surface area (Å²) >= 11 is 0. The molecular formula is C16H21N3. The molecule has 0 aliphatic heterocycles. The third-order valence-corrected chi connectivity index (χ3v) is 3.23. The number of benzene rings is 1. The Hall–Kier alpha value is -1.74. The topological polar surface area (TPSA) is 51.8 Å². The molecule has 0 aliphatic carbocycles. The van der Waals surface area contributed by atoms with Gasteiger partial charge in [0, 0.05) is 18.0 Å². The number of rotatable bonds is 2. The van der Waals surface area contributed by atoms with Crippen LogP contribution in [0.25, 0.3) is 11.1 Å². The van der Waals surface area contributed by atoms with Crippen LogP contribution in [0, 0.1) is 12.3 Å². The van der Waals surface area contributed by atoms with Crippen molar-refractivity contribution < 1.29 is 0 Å². The van der Waals surface area contributed by atoms with Crippen LogP contribution >= 0.6 is 0 Å². The molecule has 100 valence electrons. The zero-order valence-corrected chi connectivity index (χ0v) is 12.0. The number of nitrogens with two attached hydrogens (primary N) is 1. The lowest BCUT2D eigenvalue weighted by atomic mass is 9.87. The SMILES string of the molecule is Cc1cccc(-c2cnc(C(N)C(C)(C)C)nc2)c1. The molecule has 2 aromatic rings. The van der Waals surface area contributed by atoms with Crippen molar-refractivity contribution >= 4 is 0 Å². The van der Waals surface area contributed by atoms with Crippen molar-refractivity contribution in [2.75, 3.05) is 0 Å². The molecule has 2 N–H and O–H groups in total. The van der Waals surface area contributed by atoms with Gasteiger partial charge in [-0.15, -0.1) is 0 Å². The van der Waals surface area contributed by atoms with Crippen molar-refractivity contribution in [3.8, 4) is 11.1 Å². The van der Waals surface area contributed by atoms with Gasteiger partial charge in [0.2, 0.25) is 0 Å². The van der Waals surface area contributed by atoms with Gasteiger partial charge in [-0.05, 0) is 17.9 Å². The van der Waals surface area contributed by atoms with E-state index in [1.165, 1.54) is 5.56 Å². The molecule has 0 radical (unpaired) electrons. The summed E-state index contributed by atoms with van der Waals surface area (Å²) in [4.78, 5) is 8.83. The predicted molar refractivity (Wildman–Crippen MR) is 78.6 cm³/mol. The molecule has 19 heavy (non-hydrogen) atoms. The first kappa shape index (κ1) is 13.7. The van der Waals surface area contributed by atoms with Crippen LogP contribution in [0.2, 0.25) is 0 Å². The van der Waals surface area contributed by atoms with Crippen molar-refractivity contribution in [3.05, 3.63) is 48.0 Å². The number of hydrogen-bond acceptors (Lipinski definition) is 3. The average molecular weight is 255 g/mol. The van der Waals surface area contributed by atoms with Crippen molar-refractivity contribution in [2.45, 2.75) is 33.7 Å². The van der Waals surface area contributed by atoms with E-state index in [4.69, 9.17) is 5.73 Å². The van der Waals surface area contributed by atoms with Gasteiger partial charge in [0.1, 0.15) is 5.82 Å². The third-order valence-electron chi connectivity index (χ3n) is 3.23. The summed E-state index contributed by atoms with van der Waals surface area (Å²) in [7, 11) is 0. The van der Waals surface area contributed by atoms with Crippen molar-refractivity contribution in [3.63, 3.8) is 0 Å². The summed E-state index contributed by atoms with van der Waals surface area (Å²) in [6.45, 7) is 8.36. The molecule has 1 unspecified atom stereocenters. The van der Waals surface area contributed by atoms with E-state index in [0.29, 0.717) is 5.82 Å². The minimum absolute atomic E-state index is 0.0369. The van der Waals surface area contributed by atoms with Crippen LogP contribution in [0.4, 0.5) is 0 Å². The van der Waals surface area contributed by atoms with Gasteiger partial charge in [0.15, 0.2) is 0 Å². The molecule has 0 spiro atoms. The molecule has 0 bridgehead atoms. The number of aryl methyl sites for hydroxylation is 1. The van der Waals surface area contributed by atoms with E-state index in [9.17, 15) is 0 Å². The third kappa shape index (κ3) is 3.18. The Morgan fingerprint density at radius 3 is 2.21 bits per heavy atom. The Labute approximate surface area is 114 Å². The van der Waals surface area contributed by atoms with Gasteiger partial charge >= 0.3 is 0 Å². The largest absolute Gasteiger partial charge is 0.321 e. The summed E-state index contributed by atoms with van der Waals surface area (Å²) in [5.41, 5.74) is 9.51. The quantitative estimate of drug-likeness (QED) is 0.893. The van der Waals surface area contributed by atoms with Gasteiger partial charge in [-0.1, -0.05) is 50.6 Å². The maximum absolute atomic E-state index is 6.16. The standard InChI is InChI=1S/C16H21N3/c1-11-6-5-7-12(8-11)13-9-18-15(19-10-13)14(17)16(2,3)4/h5-10,14H,17H2,1-4H3. The second kappa shape index (κ2) is 5.10. The number of hydrogen-bond donors (Lipinski definition) is 1. The van der Waals surface area contributed by atoms with Crippen LogP contribution in [0.1, 0.15) is 38.2 Å². The molecule has 0 amide bonds. The van der Waals surface area contributed by atoms with Gasteiger partial charge < -0.3 is 5.73 Å². The van der Waals surface area contributed by atoms with Crippen LogP contribution in [0.3, 0.4) is 0 Å². The zero-order chi connectivity index (χ0) is 14.0. The van der Waals surface area contributed by atoms with Gasteiger partial charge in [0.25, 0.3) is 0 Å². The molecule has 0 aliphatic rings. The Balaban J connectivity index is 2.29. The van der Waals surface area contributed by atoms with Crippen LogP contribution < -0.4 is 5.73 Å². The maximum Gasteiger partial charge on any atom is 0.145 e. The van der Waals surface area contributed by atoms with Gasteiger partial charge in [-0.25, -0.2) is 9.97 Å². The molecule has 0 saturated carbocycles. The second-order valence-corrected chi connectivity index (χ2v) is 6.04. The van der Waals surface area contributed by atoms with Gasteiger partial charge in [-0.3, -0.25) is 0 Å². The molecule has 3 nitrogen and oxygen atoms in total. The summed E-state index contributed by atoms with van der Waals surface area (Å²) in [6, 6.07) is 8.16. The van der Waals surface area contributed by atoms with E-state index < -0.39 is 0 Å². The molecule has 2 rings (SSSR count). The molecule has 1 aromatic carbocycles. The fourth-order valence-corrected chi connectivity index (χ4v) is 1.86. The van der Waals surface area contributed by atoms with E-state index in [0.717, 1.165) is 11.1 Å². The van der Waals surface area contributed by atoms with Gasteiger partial charge in [-0.2, -0.15) is 0 Å². The van der Waals surface area contributed by atoms with E-state index in [1.807, 2.05) is 18.5 Å². The first-order valence-corrected chi connectivity index (χ1v) is 6.52. The molecule has 3 heteroatoms. The monoisotopic (exact) mass is 255 g/mol. The fourth-order valence-electron chi connectivity index (χ4n) is 1.86. The van der Waals surface area contributed by atoms with Crippen LogP contribution in [0.15, 0.2) is 36.7 Å². The van der Waals surface area contributed by atoms with E-state index in [1.54, 1.807) is 0 Å². The molecule has 0 saturated heterocycles. The highest BCUT2D eigenvalue weighted by Gasteiger charge is 2.24. The molecular weight excluding hydrogens is 234 g/mol. The first-order chi connectivity index (χ1) is 8.88. The van der Waals surface area contributed by atoms with Crippen LogP contribution in [-0.2, 0) is 0 Å². The normalized spacial score (nSPS) is 13.3. The Morgan fingerprint density at radius 2 is 1.68 bits per heavy atom. The lowest BCUT2D eigenvalue weighted by molar-refractivity contribution is 0.315. The van der Waals surface area contributed by atoms with Crippen molar-refractivity contribution in [1.82, 2.24) is 9.97 Å². The predicted octanol–water partition coefficient (Wildman–Crippen LogP) is 3.50. The van der Waals surface area contributed by atoms with Crippen molar-refractivity contribution in [1.29, 1.82) is 0 Å². The summed E-state index contributed by atoms with van der Waals surface area (Å²) in [5.74, 6) is 0.698. The van der Waals surface area contributed by atoms with E-state index in [2.05, 4.69) is 55.9 Å². The lowest BCUT2D eigenvalue weighted by Crippen LogP contribution is -2.28. The smallest absolute Gasteiger partial charge is 0.145 e. The maximum atomic E-state index is 6.16. The van der Waals surface area contributed by atoms with E-state index >= 15 is 0 Å². The molecule has 1 heterocycles. The average Bonchev–Trinajstić information content (AvgIpc) is 2.37. The van der Waals surface area contributed by atoms with Crippen LogP contribution in [-0.4, -0.2) is 9.97 Å². The molecule has 0 fully saturated rings. The number of nitrogens with zero attached hydrogens (tertiary/aromatic N) is 2. The molecule has 1 atom stereocenters. The van der Waals surface area contributed by atoms with Crippen LogP contribution in [0.5, 0.6) is 0 Å². The van der Waals surface area contributed by atoms with E-state index in [-0.39, 0.29) is 11.5 Å².